The first-order valence-corrected chi connectivity index (χ1v) is 23.2. The van der Waals surface area contributed by atoms with Crippen LogP contribution in [0.1, 0.15) is 247 Å². The van der Waals surface area contributed by atoms with Crippen LogP contribution < -0.4 is 10.2 Å². The van der Waals surface area contributed by atoms with Crippen LogP contribution in [0.3, 0.4) is 0 Å². The number of aliphatic carboxylic acids is 2. The predicted octanol–water partition coefficient (Wildman–Crippen LogP) is 11.0. The molecule has 0 fully saturated rings. The number of hydrogen-bond donors (Lipinski definition) is 0. The van der Waals surface area contributed by atoms with Crippen LogP contribution in [-0.4, -0.2) is 97.7 Å². The predicted molar refractivity (Wildman–Crippen MR) is 228 cm³/mol. The Balaban J connectivity index is -0.000000926. The summed E-state index contributed by atoms with van der Waals surface area (Å²) in [5.41, 5.74) is 0. The maximum Gasteiger partial charge on any atom is 2.00 e. The number of hydrogen-bond acceptors (Lipinski definition) is 6. The van der Waals surface area contributed by atoms with E-state index in [9.17, 15) is 19.8 Å². The molecule has 2 unspecified atom stereocenters. The maximum atomic E-state index is 11.3. The Bertz CT molecular complexity index is 640. The number of rotatable bonds is 40. The van der Waals surface area contributed by atoms with Gasteiger partial charge in [0, 0.05) is 12.1 Å². The van der Waals surface area contributed by atoms with Gasteiger partial charge in [0.25, 0.3) is 0 Å². The number of carboxylic acids is 2. The van der Waals surface area contributed by atoms with Crippen LogP contribution in [0, 0.1) is 0 Å². The van der Waals surface area contributed by atoms with E-state index in [1.165, 1.54) is 180 Å². The molecule has 0 bridgehead atoms. The van der Waals surface area contributed by atoms with Crippen molar-refractivity contribution in [2.75, 3.05) is 26.2 Å². The summed E-state index contributed by atoms with van der Waals surface area (Å²) in [5, 5.41) is 22.5. The average molecular weight is 777 g/mol. The van der Waals surface area contributed by atoms with Crippen molar-refractivity contribution >= 4 is 49.7 Å². The van der Waals surface area contributed by atoms with Crippen LogP contribution in [0.15, 0.2) is 0 Å². The maximum absolute atomic E-state index is 11.3. The first-order chi connectivity index (χ1) is 25.3. The second-order valence-electron chi connectivity index (χ2n) is 16.0. The van der Waals surface area contributed by atoms with Crippen molar-refractivity contribution < 1.29 is 19.8 Å². The van der Waals surface area contributed by atoms with E-state index >= 15 is 0 Å². The van der Waals surface area contributed by atoms with Gasteiger partial charge in [0.1, 0.15) is 0 Å². The molecule has 0 radical (unpaired) electrons. The Morgan fingerprint density at radius 1 is 0.340 bits per heavy atom. The van der Waals surface area contributed by atoms with Crippen molar-refractivity contribution in [3.8, 4) is 0 Å². The van der Waals surface area contributed by atoms with E-state index < -0.39 is 24.0 Å². The van der Waals surface area contributed by atoms with Gasteiger partial charge in [-0.15, -0.1) is 0 Å². The summed E-state index contributed by atoms with van der Waals surface area (Å²) in [6, 6.07) is -0.909. The zero-order chi connectivity index (χ0) is 38.9. The summed E-state index contributed by atoms with van der Waals surface area (Å²) in [7, 11) is 0. The smallest absolute Gasteiger partial charge is 0.548 e. The fourth-order valence-corrected chi connectivity index (χ4v) is 7.09. The number of nitrogens with zero attached hydrogens (tertiary/aromatic N) is 2. The second kappa shape index (κ2) is 46.5. The molecule has 53 heavy (non-hydrogen) atoms. The fourth-order valence-electron chi connectivity index (χ4n) is 7.09. The molecule has 0 saturated carbocycles. The molecule has 0 rings (SSSR count). The third kappa shape index (κ3) is 41.6. The van der Waals surface area contributed by atoms with Gasteiger partial charge in [-0.3, -0.25) is 9.80 Å². The second-order valence-corrected chi connectivity index (χ2v) is 16.0. The van der Waals surface area contributed by atoms with E-state index in [0.29, 0.717) is 0 Å². The van der Waals surface area contributed by atoms with Gasteiger partial charge in [0.05, 0.1) is 11.9 Å². The van der Waals surface area contributed by atoms with Crippen LogP contribution in [-0.2, 0) is 9.59 Å². The Labute approximate surface area is 362 Å². The summed E-state index contributed by atoms with van der Waals surface area (Å²) in [6.45, 7) is 16.2. The SMILES string of the molecule is CCCCCCCCCCN(CCCCCCCCCC)C(C)C(=O)[O-].CCCCCCCCCCN(CCCCCCCCCC)C(C)C(=O)[O-].[Ca+2]. The van der Waals surface area contributed by atoms with Gasteiger partial charge in [0.2, 0.25) is 0 Å². The van der Waals surface area contributed by atoms with Crippen molar-refractivity contribution in [3.63, 3.8) is 0 Å². The minimum Gasteiger partial charge on any atom is -0.548 e. The van der Waals surface area contributed by atoms with Gasteiger partial charge in [-0.05, 0) is 65.7 Å². The molecule has 0 aliphatic carbocycles. The van der Waals surface area contributed by atoms with Crippen LogP contribution in [0.4, 0.5) is 0 Å². The average Bonchev–Trinajstić information content (AvgIpc) is 3.13. The van der Waals surface area contributed by atoms with Crippen molar-refractivity contribution in [2.45, 2.75) is 259 Å². The summed E-state index contributed by atoms with van der Waals surface area (Å²) < 4.78 is 0. The van der Waals surface area contributed by atoms with E-state index in [4.69, 9.17) is 0 Å². The summed E-state index contributed by atoms with van der Waals surface area (Å²) in [6.07, 6.45) is 41.3. The molecule has 0 aromatic carbocycles. The zero-order valence-corrected chi connectivity index (χ0v) is 39.1. The van der Waals surface area contributed by atoms with Gasteiger partial charge in [-0.2, -0.15) is 0 Å². The van der Waals surface area contributed by atoms with Gasteiger partial charge in [-0.1, -0.05) is 207 Å². The van der Waals surface area contributed by atoms with Crippen LogP contribution in [0.2, 0.25) is 0 Å². The number of carbonyl (C=O) groups excluding carboxylic acids is 2. The molecule has 0 saturated heterocycles. The molecule has 0 aromatic heterocycles. The van der Waals surface area contributed by atoms with Gasteiger partial charge < -0.3 is 19.8 Å². The topological polar surface area (TPSA) is 86.7 Å². The molecule has 7 heteroatoms. The fraction of sp³-hybridized carbons (Fsp3) is 0.957. The number of carboxylic acid groups (broad SMARTS) is 2. The van der Waals surface area contributed by atoms with Crippen molar-refractivity contribution in [1.29, 1.82) is 0 Å². The van der Waals surface area contributed by atoms with E-state index in [2.05, 4.69) is 37.5 Å². The molecule has 6 nitrogen and oxygen atoms in total. The quantitative estimate of drug-likeness (QED) is 0.0455. The molecular weight excluding hydrogens is 685 g/mol. The normalized spacial score (nSPS) is 12.4. The van der Waals surface area contributed by atoms with Crippen molar-refractivity contribution in [3.05, 3.63) is 0 Å². The first kappa shape index (κ1) is 57.4. The summed E-state index contributed by atoms with van der Waals surface area (Å²) in [5.74, 6) is -1.85. The minimum absolute atomic E-state index is 0. The van der Waals surface area contributed by atoms with E-state index in [1.54, 1.807) is 13.8 Å². The minimum atomic E-state index is -0.927. The Morgan fingerprint density at radius 3 is 0.642 bits per heavy atom. The standard InChI is InChI=1S/2C23H47NO2.Ca/c2*1-4-6-8-10-12-14-16-18-20-24(22(3)23(25)26)21-19-17-15-13-11-9-7-5-2;/h2*22H,4-21H2,1-3H3,(H,25,26);/q;;+2/p-2. The Morgan fingerprint density at radius 2 is 0.491 bits per heavy atom. The zero-order valence-electron chi connectivity index (χ0n) is 36.8. The molecule has 0 aromatic rings. The van der Waals surface area contributed by atoms with Gasteiger partial charge in [0.15, 0.2) is 0 Å². The van der Waals surface area contributed by atoms with E-state index in [-0.39, 0.29) is 37.7 Å². The molecule has 0 N–H and O–H groups in total. The van der Waals surface area contributed by atoms with Gasteiger partial charge in [-0.25, -0.2) is 0 Å². The van der Waals surface area contributed by atoms with Crippen LogP contribution >= 0.6 is 0 Å². The molecule has 0 heterocycles. The Hall–Kier alpha value is 0.120. The van der Waals surface area contributed by atoms with E-state index in [0.717, 1.165) is 51.9 Å². The monoisotopic (exact) mass is 777 g/mol. The number of unbranched alkanes of at least 4 members (excludes halogenated alkanes) is 28. The van der Waals surface area contributed by atoms with Crippen molar-refractivity contribution in [1.82, 2.24) is 9.80 Å². The molecule has 0 spiro atoms. The van der Waals surface area contributed by atoms with E-state index in [1.807, 2.05) is 0 Å². The summed E-state index contributed by atoms with van der Waals surface area (Å²) in [4.78, 5) is 26.8. The largest absolute Gasteiger partial charge is 2.00 e. The van der Waals surface area contributed by atoms with Crippen LogP contribution in [0.5, 0.6) is 0 Å². The molecule has 312 valence electrons. The first-order valence-electron chi connectivity index (χ1n) is 23.2. The molecule has 0 amide bonds. The molecule has 0 aliphatic heterocycles. The third-order valence-electron chi connectivity index (χ3n) is 11.0. The third-order valence-corrected chi connectivity index (χ3v) is 11.0. The summed E-state index contributed by atoms with van der Waals surface area (Å²) >= 11 is 0. The van der Waals surface area contributed by atoms with Crippen molar-refractivity contribution in [2.24, 2.45) is 0 Å². The Kier molecular flexibility index (Phi) is 50.4. The molecule has 2 atom stereocenters. The molecule has 0 aliphatic rings. The van der Waals surface area contributed by atoms with Crippen LogP contribution in [0.25, 0.3) is 0 Å². The molecular formula is C46H92CaN2O4. The van der Waals surface area contributed by atoms with Gasteiger partial charge >= 0.3 is 37.7 Å². The number of carbonyl (C=O) groups is 2.